The van der Waals surface area contributed by atoms with Crippen LogP contribution in [0.5, 0.6) is 0 Å². The molecule has 1 saturated heterocycles. The number of hydrogen-bond donors (Lipinski definition) is 0. The summed E-state index contributed by atoms with van der Waals surface area (Å²) in [5.41, 5.74) is 1.27. The Labute approximate surface area is 126 Å². The third-order valence-corrected chi connectivity index (χ3v) is 3.99. The predicted molar refractivity (Wildman–Crippen MR) is 84.7 cm³/mol. The van der Waals surface area contributed by atoms with Gasteiger partial charge in [0.2, 0.25) is 0 Å². The second-order valence-corrected chi connectivity index (χ2v) is 5.70. The van der Waals surface area contributed by atoms with E-state index in [0.717, 1.165) is 19.6 Å². The molecule has 1 aliphatic heterocycles. The lowest BCUT2D eigenvalue weighted by Gasteiger charge is -2.31. The van der Waals surface area contributed by atoms with Crippen LogP contribution in [-0.4, -0.2) is 39.3 Å². The molecule has 21 heavy (non-hydrogen) atoms. The van der Waals surface area contributed by atoms with Crippen molar-refractivity contribution in [2.24, 2.45) is 5.92 Å². The van der Waals surface area contributed by atoms with Gasteiger partial charge in [-0.25, -0.2) is 4.98 Å². The first kappa shape index (κ1) is 14.0. The Morgan fingerprint density at radius 1 is 1.24 bits per heavy atom. The fraction of sp³-hybridized carbons (Fsp3) is 0.412. The maximum Gasteiger partial charge on any atom is 0.137 e. The molecular formula is C17H22N4. The van der Waals surface area contributed by atoms with Gasteiger partial charge < -0.3 is 0 Å². The normalized spacial score (nSPS) is 20.1. The smallest absolute Gasteiger partial charge is 0.137 e. The van der Waals surface area contributed by atoms with Crippen LogP contribution in [0.15, 0.2) is 49.1 Å². The van der Waals surface area contributed by atoms with E-state index in [1.54, 1.807) is 6.33 Å². The van der Waals surface area contributed by atoms with Gasteiger partial charge in [0.1, 0.15) is 12.7 Å². The molecule has 0 aliphatic carbocycles. The summed E-state index contributed by atoms with van der Waals surface area (Å²) in [6, 6.07) is 10.5. The Balaban J connectivity index is 1.48. The van der Waals surface area contributed by atoms with Crippen molar-refractivity contribution in [3.05, 3.63) is 54.6 Å². The van der Waals surface area contributed by atoms with Gasteiger partial charge in [-0.2, -0.15) is 5.10 Å². The molecule has 1 unspecified atom stereocenters. The van der Waals surface area contributed by atoms with E-state index >= 15 is 0 Å². The molecule has 1 aromatic carbocycles. The molecule has 0 N–H and O–H groups in total. The quantitative estimate of drug-likeness (QED) is 0.845. The molecule has 4 nitrogen and oxygen atoms in total. The van der Waals surface area contributed by atoms with Crippen molar-refractivity contribution in [2.75, 3.05) is 19.6 Å². The summed E-state index contributed by atoms with van der Waals surface area (Å²) in [6.45, 7) is 4.37. The van der Waals surface area contributed by atoms with E-state index in [1.165, 1.54) is 24.9 Å². The van der Waals surface area contributed by atoms with Crippen molar-refractivity contribution >= 4 is 6.08 Å². The summed E-state index contributed by atoms with van der Waals surface area (Å²) >= 11 is 0. The lowest BCUT2D eigenvalue weighted by Crippen LogP contribution is -2.37. The zero-order valence-corrected chi connectivity index (χ0v) is 12.3. The molecule has 2 aromatic rings. The first-order chi connectivity index (χ1) is 10.4. The highest BCUT2D eigenvalue weighted by Crippen LogP contribution is 2.17. The number of likely N-dealkylation sites (tertiary alicyclic amines) is 1. The SMILES string of the molecule is C(=Cc1ccccc1)CN1CCCC(Cn2cncn2)C1. The minimum atomic E-state index is 0.686. The summed E-state index contributed by atoms with van der Waals surface area (Å²) < 4.78 is 1.95. The zero-order valence-electron chi connectivity index (χ0n) is 12.3. The van der Waals surface area contributed by atoms with E-state index in [1.807, 2.05) is 11.0 Å². The van der Waals surface area contributed by atoms with Crippen LogP contribution in [0.25, 0.3) is 6.08 Å². The van der Waals surface area contributed by atoms with Crippen LogP contribution < -0.4 is 0 Å². The average Bonchev–Trinajstić information content (AvgIpc) is 3.02. The Hall–Kier alpha value is -1.94. The van der Waals surface area contributed by atoms with E-state index in [2.05, 4.69) is 57.5 Å². The molecule has 0 spiro atoms. The number of benzene rings is 1. The van der Waals surface area contributed by atoms with Gasteiger partial charge in [-0.1, -0.05) is 42.5 Å². The zero-order chi connectivity index (χ0) is 14.3. The second-order valence-electron chi connectivity index (χ2n) is 5.70. The third kappa shape index (κ3) is 4.26. The van der Waals surface area contributed by atoms with Gasteiger partial charge in [-0.05, 0) is 30.9 Å². The van der Waals surface area contributed by atoms with Gasteiger partial charge in [0.25, 0.3) is 0 Å². The highest BCUT2D eigenvalue weighted by atomic mass is 15.3. The Bertz CT molecular complexity index is 547. The van der Waals surface area contributed by atoms with Gasteiger partial charge in [-0.3, -0.25) is 9.58 Å². The molecule has 3 rings (SSSR count). The summed E-state index contributed by atoms with van der Waals surface area (Å²) in [4.78, 5) is 6.55. The average molecular weight is 282 g/mol. The van der Waals surface area contributed by atoms with Crippen LogP contribution in [0.4, 0.5) is 0 Å². The lowest BCUT2D eigenvalue weighted by molar-refractivity contribution is 0.174. The molecular weight excluding hydrogens is 260 g/mol. The van der Waals surface area contributed by atoms with Crippen LogP contribution in [0.1, 0.15) is 18.4 Å². The van der Waals surface area contributed by atoms with Crippen molar-refractivity contribution in [2.45, 2.75) is 19.4 Å². The van der Waals surface area contributed by atoms with Gasteiger partial charge in [0, 0.05) is 19.6 Å². The van der Waals surface area contributed by atoms with Crippen molar-refractivity contribution in [3.8, 4) is 0 Å². The fourth-order valence-electron chi connectivity index (χ4n) is 2.96. The van der Waals surface area contributed by atoms with Gasteiger partial charge in [0.15, 0.2) is 0 Å². The van der Waals surface area contributed by atoms with Crippen molar-refractivity contribution in [3.63, 3.8) is 0 Å². The topological polar surface area (TPSA) is 34.0 Å². The highest BCUT2D eigenvalue weighted by molar-refractivity contribution is 5.48. The lowest BCUT2D eigenvalue weighted by atomic mass is 9.98. The molecule has 4 heteroatoms. The van der Waals surface area contributed by atoms with E-state index in [-0.39, 0.29) is 0 Å². The van der Waals surface area contributed by atoms with Gasteiger partial charge in [0.05, 0.1) is 0 Å². The second kappa shape index (κ2) is 7.18. The molecule has 2 heterocycles. The van der Waals surface area contributed by atoms with Crippen molar-refractivity contribution < 1.29 is 0 Å². The molecule has 1 atom stereocenters. The van der Waals surface area contributed by atoms with E-state index < -0.39 is 0 Å². The molecule has 1 aliphatic rings. The van der Waals surface area contributed by atoms with E-state index in [0.29, 0.717) is 5.92 Å². The Kier molecular flexibility index (Phi) is 4.79. The molecule has 0 amide bonds. The molecule has 110 valence electrons. The predicted octanol–water partition coefficient (Wildman–Crippen LogP) is 2.70. The van der Waals surface area contributed by atoms with Crippen LogP contribution in [0.2, 0.25) is 0 Å². The maximum atomic E-state index is 4.21. The number of hydrogen-bond acceptors (Lipinski definition) is 3. The number of nitrogens with zero attached hydrogens (tertiary/aromatic N) is 4. The first-order valence-corrected chi connectivity index (χ1v) is 7.66. The number of rotatable bonds is 5. The van der Waals surface area contributed by atoms with Crippen molar-refractivity contribution in [1.82, 2.24) is 19.7 Å². The summed E-state index contributed by atoms with van der Waals surface area (Å²) in [6.07, 6.45) is 10.5. The monoisotopic (exact) mass is 282 g/mol. The molecule has 1 aromatic heterocycles. The van der Waals surface area contributed by atoms with E-state index in [4.69, 9.17) is 0 Å². The third-order valence-electron chi connectivity index (χ3n) is 3.99. The molecule has 0 saturated carbocycles. The van der Waals surface area contributed by atoms with Crippen LogP contribution >= 0.6 is 0 Å². The van der Waals surface area contributed by atoms with Crippen molar-refractivity contribution in [1.29, 1.82) is 0 Å². The largest absolute Gasteiger partial charge is 0.299 e. The first-order valence-electron chi connectivity index (χ1n) is 7.66. The van der Waals surface area contributed by atoms with Gasteiger partial charge in [-0.15, -0.1) is 0 Å². The van der Waals surface area contributed by atoms with E-state index in [9.17, 15) is 0 Å². The number of piperidine rings is 1. The molecule has 0 bridgehead atoms. The fourth-order valence-corrected chi connectivity index (χ4v) is 2.96. The Morgan fingerprint density at radius 2 is 2.14 bits per heavy atom. The maximum absolute atomic E-state index is 4.21. The molecule has 1 fully saturated rings. The summed E-state index contributed by atoms with van der Waals surface area (Å²) in [7, 11) is 0. The number of aromatic nitrogens is 3. The Morgan fingerprint density at radius 3 is 2.95 bits per heavy atom. The van der Waals surface area contributed by atoms with Crippen LogP contribution in [0.3, 0.4) is 0 Å². The standard InChI is InChI=1S/C17H22N4/c1-2-6-16(7-3-1)8-4-10-20-11-5-9-17(12-20)13-21-15-18-14-19-21/h1-4,6-8,14-15,17H,5,9-13H2. The van der Waals surface area contributed by atoms with Crippen LogP contribution in [-0.2, 0) is 6.54 Å². The highest BCUT2D eigenvalue weighted by Gasteiger charge is 2.19. The summed E-state index contributed by atoms with van der Waals surface area (Å²) in [5.74, 6) is 0.686. The minimum absolute atomic E-state index is 0.686. The molecule has 0 radical (unpaired) electrons. The summed E-state index contributed by atoms with van der Waals surface area (Å²) in [5, 5.41) is 4.21. The van der Waals surface area contributed by atoms with Gasteiger partial charge >= 0.3 is 0 Å². The van der Waals surface area contributed by atoms with Crippen LogP contribution in [0, 0.1) is 5.92 Å². The minimum Gasteiger partial charge on any atom is -0.299 e.